The topological polar surface area (TPSA) is 106 Å². The fraction of sp³-hybridized carbons (Fsp3) is 0.405. The number of rotatable bonds is 7. The smallest absolute Gasteiger partial charge is 0.410 e. The zero-order valence-corrected chi connectivity index (χ0v) is 28.8. The van der Waals surface area contributed by atoms with Crippen LogP contribution in [-0.4, -0.2) is 65.1 Å². The minimum absolute atomic E-state index is 0.0907. The van der Waals surface area contributed by atoms with Crippen LogP contribution in [0.5, 0.6) is 0 Å². The molecule has 252 valence electrons. The number of hydrogen-bond donors (Lipinski definition) is 1. The van der Waals surface area contributed by atoms with Crippen LogP contribution in [-0.2, 0) is 9.47 Å². The van der Waals surface area contributed by atoms with Crippen molar-refractivity contribution in [2.75, 3.05) is 37.8 Å². The van der Waals surface area contributed by atoms with E-state index in [0.717, 1.165) is 22.3 Å². The first-order valence-corrected chi connectivity index (χ1v) is 16.8. The fourth-order valence-corrected chi connectivity index (χ4v) is 6.84. The molecule has 0 spiro atoms. The maximum atomic E-state index is 14.2. The van der Waals surface area contributed by atoms with Crippen molar-refractivity contribution in [1.82, 2.24) is 19.9 Å². The van der Waals surface area contributed by atoms with Crippen molar-refractivity contribution in [2.24, 2.45) is 5.92 Å². The van der Waals surface area contributed by atoms with Gasteiger partial charge in [0.15, 0.2) is 5.82 Å². The third-order valence-electron chi connectivity index (χ3n) is 8.69. The molecule has 0 bridgehead atoms. The molecule has 2 heterocycles. The number of ether oxygens (including phenoxy) is 2. The highest BCUT2D eigenvalue weighted by molar-refractivity contribution is 6.35. The quantitative estimate of drug-likeness (QED) is 0.229. The molecule has 1 aromatic heterocycles. The number of piperazine rings is 1. The molecule has 1 atom stereocenters. The van der Waals surface area contributed by atoms with Gasteiger partial charge in [-0.3, -0.25) is 4.79 Å². The fourth-order valence-electron chi connectivity index (χ4n) is 6.58. The first-order valence-electron chi connectivity index (χ1n) is 16.5. The van der Waals surface area contributed by atoms with E-state index in [9.17, 15) is 14.4 Å². The van der Waals surface area contributed by atoms with Crippen LogP contribution in [0.2, 0.25) is 5.02 Å². The summed E-state index contributed by atoms with van der Waals surface area (Å²) in [6.07, 6.45) is -0.492. The zero-order chi connectivity index (χ0) is 34.2. The molecule has 4 aromatic rings. The summed E-state index contributed by atoms with van der Waals surface area (Å²) >= 11 is 6.54. The molecule has 6 rings (SSSR count). The monoisotopic (exact) mass is 671 g/mol. The van der Waals surface area contributed by atoms with E-state index in [4.69, 9.17) is 26.1 Å². The normalized spacial score (nSPS) is 15.3. The average Bonchev–Trinajstić information content (AvgIpc) is 3.36. The number of hydrogen-bond acceptors (Lipinski definition) is 7. The van der Waals surface area contributed by atoms with Gasteiger partial charge in [-0.1, -0.05) is 80.0 Å². The van der Waals surface area contributed by atoms with Crippen molar-refractivity contribution in [2.45, 2.75) is 58.6 Å². The Morgan fingerprint density at radius 2 is 1.56 bits per heavy atom. The van der Waals surface area contributed by atoms with E-state index in [1.165, 1.54) is 4.68 Å². The predicted octanol–water partition coefficient (Wildman–Crippen LogP) is 6.86. The Labute approximate surface area is 285 Å². The molecular weight excluding hydrogens is 630 g/mol. The van der Waals surface area contributed by atoms with Crippen molar-refractivity contribution < 1.29 is 19.1 Å². The van der Waals surface area contributed by atoms with Crippen molar-refractivity contribution in [3.8, 4) is 11.1 Å². The standard InChI is InChI=1S/C37H42ClN5O5/c1-23(2)21-31(40-35(45)47-22-28-26-13-8-6-11-24(26)25-12-7-9-14-27(25)28)33-39-30-16-10-15-29(38)32(30)34(44)43(33)42-19-17-41(18-20-42)36(46)48-37(3,4)5/h6-16,23,28,31H,17-22H2,1-5H3,(H,40,45)/t31-/m0/s1. The van der Waals surface area contributed by atoms with Gasteiger partial charge in [0.05, 0.1) is 35.1 Å². The Hall–Kier alpha value is -4.57. The van der Waals surface area contributed by atoms with Crippen LogP contribution in [0.3, 0.4) is 0 Å². The summed E-state index contributed by atoms with van der Waals surface area (Å²) in [6, 6.07) is 20.9. The van der Waals surface area contributed by atoms with E-state index in [1.54, 1.807) is 23.1 Å². The van der Waals surface area contributed by atoms with Gasteiger partial charge in [-0.25, -0.2) is 19.2 Å². The molecule has 1 aliphatic heterocycles. The van der Waals surface area contributed by atoms with Crippen molar-refractivity contribution in [3.63, 3.8) is 0 Å². The van der Waals surface area contributed by atoms with E-state index in [-0.39, 0.29) is 24.0 Å². The molecule has 48 heavy (non-hydrogen) atoms. The molecule has 2 amide bonds. The third kappa shape index (κ3) is 6.85. The summed E-state index contributed by atoms with van der Waals surface area (Å²) in [4.78, 5) is 47.2. The Balaban J connectivity index is 1.28. The maximum Gasteiger partial charge on any atom is 0.410 e. The molecule has 1 saturated heterocycles. The number of nitrogens with zero attached hydrogens (tertiary/aromatic N) is 4. The number of carbonyl (C=O) groups is 2. The van der Waals surface area contributed by atoms with E-state index in [1.807, 2.05) is 63.9 Å². The first kappa shape index (κ1) is 33.3. The molecule has 0 unspecified atom stereocenters. The van der Waals surface area contributed by atoms with Gasteiger partial charge in [-0.05, 0) is 67.5 Å². The minimum atomic E-state index is -0.652. The van der Waals surface area contributed by atoms with Gasteiger partial charge in [0.25, 0.3) is 5.56 Å². The molecule has 10 nitrogen and oxygen atoms in total. The van der Waals surface area contributed by atoms with Gasteiger partial charge >= 0.3 is 12.2 Å². The molecule has 11 heteroatoms. The van der Waals surface area contributed by atoms with E-state index in [2.05, 4.69) is 29.6 Å². The Morgan fingerprint density at radius 1 is 0.938 bits per heavy atom. The molecule has 0 saturated carbocycles. The second-order valence-electron chi connectivity index (χ2n) is 13.8. The van der Waals surface area contributed by atoms with Crippen molar-refractivity contribution >= 4 is 34.7 Å². The molecule has 0 radical (unpaired) electrons. The van der Waals surface area contributed by atoms with Gasteiger partial charge in [0, 0.05) is 19.0 Å². The van der Waals surface area contributed by atoms with Crippen LogP contribution < -0.4 is 15.9 Å². The molecule has 3 aromatic carbocycles. The van der Waals surface area contributed by atoms with Crippen molar-refractivity contribution in [1.29, 1.82) is 0 Å². The van der Waals surface area contributed by atoms with Gasteiger partial charge in [0.2, 0.25) is 0 Å². The number of alkyl carbamates (subject to hydrolysis) is 1. The summed E-state index contributed by atoms with van der Waals surface area (Å²) in [7, 11) is 0. The van der Waals surface area contributed by atoms with Crippen LogP contribution in [0.4, 0.5) is 9.59 Å². The lowest BCUT2D eigenvalue weighted by Crippen LogP contribution is -2.57. The molecule has 1 N–H and O–H groups in total. The number of nitrogens with one attached hydrogen (secondary N) is 1. The second-order valence-corrected chi connectivity index (χ2v) is 14.2. The summed E-state index contributed by atoms with van der Waals surface area (Å²) in [6.45, 7) is 11.1. The minimum Gasteiger partial charge on any atom is -0.449 e. The van der Waals surface area contributed by atoms with Crippen molar-refractivity contribution in [3.05, 3.63) is 99.1 Å². The lowest BCUT2D eigenvalue weighted by molar-refractivity contribution is 0.0231. The highest BCUT2D eigenvalue weighted by Gasteiger charge is 2.32. The number of carbonyl (C=O) groups excluding carboxylic acids is 2. The maximum absolute atomic E-state index is 14.2. The molecule has 1 fully saturated rings. The highest BCUT2D eigenvalue weighted by Crippen LogP contribution is 2.44. The first-order chi connectivity index (χ1) is 22.9. The number of halogens is 1. The molecule has 2 aliphatic rings. The molecule has 1 aliphatic carbocycles. The van der Waals surface area contributed by atoms with Gasteiger partial charge in [-0.15, -0.1) is 0 Å². The van der Waals surface area contributed by atoms with E-state index in [0.29, 0.717) is 54.3 Å². The Kier molecular flexibility index (Phi) is 9.38. The van der Waals surface area contributed by atoms with Gasteiger partial charge < -0.3 is 24.7 Å². The van der Waals surface area contributed by atoms with Crippen LogP contribution >= 0.6 is 11.6 Å². The SMILES string of the molecule is CC(C)C[C@H](NC(=O)OCC1c2ccccc2-c2ccccc21)c1nc2cccc(Cl)c2c(=O)n1N1CCN(C(=O)OC(C)(C)C)CC1. The largest absolute Gasteiger partial charge is 0.449 e. The molecular formula is C37H42ClN5O5. The number of fused-ring (bicyclic) bond motifs is 4. The Bertz CT molecular complexity index is 1850. The zero-order valence-electron chi connectivity index (χ0n) is 28.0. The highest BCUT2D eigenvalue weighted by atomic mass is 35.5. The van der Waals surface area contributed by atoms with E-state index >= 15 is 0 Å². The third-order valence-corrected chi connectivity index (χ3v) is 9.01. The van der Waals surface area contributed by atoms with Crippen LogP contribution in [0.25, 0.3) is 22.0 Å². The summed E-state index contributed by atoms with van der Waals surface area (Å²) in [5.41, 5.74) is 4.02. The van der Waals surface area contributed by atoms with Gasteiger partial charge in [-0.2, -0.15) is 0 Å². The lowest BCUT2D eigenvalue weighted by atomic mass is 9.98. The number of amides is 2. The van der Waals surface area contributed by atoms with Crippen LogP contribution in [0.15, 0.2) is 71.5 Å². The average molecular weight is 672 g/mol. The predicted molar refractivity (Wildman–Crippen MR) is 187 cm³/mol. The van der Waals surface area contributed by atoms with Gasteiger partial charge in [0.1, 0.15) is 12.2 Å². The lowest BCUT2D eigenvalue weighted by Gasteiger charge is -2.38. The van der Waals surface area contributed by atoms with E-state index < -0.39 is 23.8 Å². The number of aromatic nitrogens is 2. The summed E-state index contributed by atoms with van der Waals surface area (Å²) in [5, 5.41) is 5.50. The second kappa shape index (κ2) is 13.5. The Morgan fingerprint density at radius 3 is 2.17 bits per heavy atom. The van der Waals surface area contributed by atoms with Crippen LogP contribution in [0, 0.1) is 5.92 Å². The summed E-state index contributed by atoms with van der Waals surface area (Å²) in [5.74, 6) is 0.433. The van der Waals surface area contributed by atoms with Crippen LogP contribution in [0.1, 0.15) is 70.0 Å². The number of benzene rings is 3. The summed E-state index contributed by atoms with van der Waals surface area (Å²) < 4.78 is 13.0.